The minimum atomic E-state index is -0.0165. The molecule has 2 amide bonds. The first-order valence-corrected chi connectivity index (χ1v) is 12.6. The Bertz CT molecular complexity index is 1100. The van der Waals surface area contributed by atoms with Crippen LogP contribution in [0.1, 0.15) is 53.2 Å². The number of nitrogens with zero attached hydrogens (tertiary/aromatic N) is 3. The number of piperidine rings is 1. The monoisotopic (exact) mass is 501 g/mol. The molecule has 1 aromatic heterocycles. The zero-order valence-electron chi connectivity index (χ0n) is 19.2. The average Bonchev–Trinajstić information content (AvgIpc) is 3.30. The van der Waals surface area contributed by atoms with Gasteiger partial charge in [0.2, 0.25) is 5.91 Å². The van der Waals surface area contributed by atoms with Gasteiger partial charge in [0.15, 0.2) is 0 Å². The Balaban J connectivity index is 1.24. The van der Waals surface area contributed by atoms with Crippen molar-refractivity contribution < 1.29 is 9.59 Å². The molecule has 180 valence electrons. The van der Waals surface area contributed by atoms with Gasteiger partial charge < -0.3 is 9.80 Å². The van der Waals surface area contributed by atoms with E-state index in [1.165, 1.54) is 6.20 Å². The summed E-state index contributed by atoms with van der Waals surface area (Å²) in [4.78, 5) is 32.5. The molecular formula is C25H29Cl2N5O2. The van der Waals surface area contributed by atoms with E-state index in [-0.39, 0.29) is 17.9 Å². The van der Waals surface area contributed by atoms with Gasteiger partial charge in [-0.2, -0.15) is 0 Å². The fourth-order valence-electron chi connectivity index (χ4n) is 5.56. The third kappa shape index (κ3) is 4.42. The molecule has 0 saturated carbocycles. The van der Waals surface area contributed by atoms with Crippen LogP contribution in [0.5, 0.6) is 0 Å². The van der Waals surface area contributed by atoms with Crippen LogP contribution in [0.25, 0.3) is 0 Å². The maximum absolute atomic E-state index is 12.9. The lowest BCUT2D eigenvalue weighted by Crippen LogP contribution is -2.39. The topological polar surface area (TPSA) is 77.6 Å². The Kier molecular flexibility index (Phi) is 6.80. The van der Waals surface area contributed by atoms with Gasteiger partial charge in [-0.25, -0.2) is 5.43 Å². The summed E-state index contributed by atoms with van der Waals surface area (Å²) in [5, 5.41) is 1.18. The molecule has 2 N–H and O–H groups in total. The van der Waals surface area contributed by atoms with Gasteiger partial charge in [0.1, 0.15) is 0 Å². The number of hydrogen-bond acceptors (Lipinski definition) is 5. The Labute approximate surface area is 209 Å². The van der Waals surface area contributed by atoms with Crippen LogP contribution in [0.2, 0.25) is 10.0 Å². The summed E-state index contributed by atoms with van der Waals surface area (Å²) in [5.41, 5.74) is 10.4. The van der Waals surface area contributed by atoms with Crippen LogP contribution in [0.3, 0.4) is 0 Å². The number of carbonyl (C=O) groups excluding carboxylic acids is 2. The van der Waals surface area contributed by atoms with Crippen molar-refractivity contribution in [2.45, 2.75) is 38.1 Å². The molecule has 0 radical (unpaired) electrons. The number of fused-ring (bicyclic) bond motifs is 1. The van der Waals surface area contributed by atoms with Crippen molar-refractivity contribution in [2.24, 2.45) is 11.8 Å². The Morgan fingerprint density at radius 3 is 2.74 bits per heavy atom. The van der Waals surface area contributed by atoms with Crippen molar-refractivity contribution in [1.29, 1.82) is 0 Å². The Morgan fingerprint density at radius 2 is 1.97 bits per heavy atom. The Morgan fingerprint density at radius 1 is 1.18 bits per heavy atom. The van der Waals surface area contributed by atoms with E-state index in [0.717, 1.165) is 60.7 Å². The van der Waals surface area contributed by atoms with E-state index < -0.39 is 0 Å². The molecule has 34 heavy (non-hydrogen) atoms. The van der Waals surface area contributed by atoms with Crippen LogP contribution >= 0.6 is 23.2 Å². The number of amides is 2. The van der Waals surface area contributed by atoms with Gasteiger partial charge in [-0.1, -0.05) is 29.3 Å². The van der Waals surface area contributed by atoms with Gasteiger partial charge in [-0.3, -0.25) is 20.0 Å². The number of carbonyl (C=O) groups is 2. The van der Waals surface area contributed by atoms with E-state index in [9.17, 15) is 9.59 Å². The van der Waals surface area contributed by atoms with E-state index in [1.807, 2.05) is 18.0 Å². The molecule has 3 aliphatic heterocycles. The van der Waals surface area contributed by atoms with E-state index >= 15 is 0 Å². The zero-order valence-corrected chi connectivity index (χ0v) is 20.7. The number of hydrazine groups is 1. The molecule has 2 aromatic rings. The highest BCUT2D eigenvalue weighted by atomic mass is 35.5. The summed E-state index contributed by atoms with van der Waals surface area (Å²) in [6.45, 7) is 2.35. The highest BCUT2D eigenvalue weighted by molar-refractivity contribution is 6.33. The fraction of sp³-hybridized carbons (Fsp3) is 0.480. The van der Waals surface area contributed by atoms with Crippen molar-refractivity contribution in [3.05, 3.63) is 57.3 Å². The standard InChI is InChI=1S/C25H29Cl2N5O2/c1-31-21-4-2-19(23(27)18(21)3-5-22(31)33)24-16(13-29-30-24)12-15-7-10-32(11-8-15)25(34)17-6-9-28-14-20(17)26/h2,4,6,9,14-16,24,29-30H,3,5,7-8,10-13H2,1H3. The maximum atomic E-state index is 12.9. The maximum Gasteiger partial charge on any atom is 0.255 e. The van der Waals surface area contributed by atoms with Crippen LogP contribution < -0.4 is 15.8 Å². The normalized spacial score (nSPS) is 23.3. The molecular weight excluding hydrogens is 473 g/mol. The van der Waals surface area contributed by atoms with Crippen LogP contribution in [0.15, 0.2) is 30.6 Å². The predicted molar refractivity (Wildman–Crippen MR) is 133 cm³/mol. The first-order chi connectivity index (χ1) is 16.4. The van der Waals surface area contributed by atoms with E-state index in [4.69, 9.17) is 23.2 Å². The van der Waals surface area contributed by atoms with Crippen molar-refractivity contribution in [1.82, 2.24) is 20.7 Å². The van der Waals surface area contributed by atoms with Crippen LogP contribution in [-0.4, -0.2) is 48.4 Å². The number of rotatable bonds is 4. The second kappa shape index (κ2) is 9.82. The quantitative estimate of drug-likeness (QED) is 0.661. The summed E-state index contributed by atoms with van der Waals surface area (Å²) in [6.07, 6.45) is 7.31. The van der Waals surface area contributed by atoms with Gasteiger partial charge in [-0.05, 0) is 60.8 Å². The van der Waals surface area contributed by atoms with Crippen LogP contribution in [0, 0.1) is 11.8 Å². The largest absolute Gasteiger partial charge is 0.339 e. The molecule has 4 heterocycles. The lowest BCUT2D eigenvalue weighted by Gasteiger charge is -2.34. The van der Waals surface area contributed by atoms with Crippen LogP contribution in [-0.2, 0) is 11.2 Å². The van der Waals surface area contributed by atoms with Crippen molar-refractivity contribution in [3.8, 4) is 0 Å². The minimum Gasteiger partial charge on any atom is -0.339 e. The molecule has 2 atom stereocenters. The van der Waals surface area contributed by atoms with E-state index in [2.05, 4.69) is 21.9 Å². The number of nitrogens with one attached hydrogen (secondary N) is 2. The van der Waals surface area contributed by atoms with Gasteiger partial charge >= 0.3 is 0 Å². The molecule has 0 bridgehead atoms. The number of anilines is 1. The molecule has 3 aliphatic rings. The van der Waals surface area contributed by atoms with Crippen molar-refractivity contribution in [3.63, 3.8) is 0 Å². The summed E-state index contributed by atoms with van der Waals surface area (Å²) in [7, 11) is 1.81. The molecule has 0 aliphatic carbocycles. The lowest BCUT2D eigenvalue weighted by atomic mass is 9.82. The zero-order chi connectivity index (χ0) is 23.8. The number of aromatic nitrogens is 1. The highest BCUT2D eigenvalue weighted by Gasteiger charge is 2.35. The van der Waals surface area contributed by atoms with E-state index in [0.29, 0.717) is 35.3 Å². The third-order valence-corrected chi connectivity index (χ3v) is 8.29. The second-order valence-electron chi connectivity index (χ2n) is 9.51. The molecule has 2 unspecified atom stereocenters. The third-order valence-electron chi connectivity index (χ3n) is 7.54. The Hall–Kier alpha value is -2.19. The molecule has 7 nitrogen and oxygen atoms in total. The summed E-state index contributed by atoms with van der Waals surface area (Å²) in [5.74, 6) is 1.06. The van der Waals surface area contributed by atoms with Gasteiger partial charge in [-0.15, -0.1) is 0 Å². The number of benzene rings is 1. The average molecular weight is 502 g/mol. The number of halogens is 2. The molecule has 1 aromatic carbocycles. The van der Waals surface area contributed by atoms with E-state index in [1.54, 1.807) is 17.2 Å². The van der Waals surface area contributed by atoms with Crippen LogP contribution in [0.4, 0.5) is 5.69 Å². The fourth-order valence-corrected chi connectivity index (χ4v) is 6.13. The number of pyridine rings is 1. The molecule has 2 fully saturated rings. The molecule has 5 rings (SSSR count). The summed E-state index contributed by atoms with van der Waals surface area (Å²) >= 11 is 13.1. The number of likely N-dealkylation sites (tertiary alicyclic amines) is 1. The minimum absolute atomic E-state index is 0.0165. The van der Waals surface area contributed by atoms with Gasteiger partial charge in [0, 0.05) is 51.2 Å². The first kappa shape index (κ1) is 23.5. The summed E-state index contributed by atoms with van der Waals surface area (Å²) in [6, 6.07) is 5.90. The second-order valence-corrected chi connectivity index (χ2v) is 10.3. The number of hydrogen-bond donors (Lipinski definition) is 2. The molecule has 2 saturated heterocycles. The molecule has 0 spiro atoms. The van der Waals surface area contributed by atoms with Gasteiger partial charge in [0.05, 0.1) is 21.7 Å². The first-order valence-electron chi connectivity index (χ1n) is 11.9. The highest BCUT2D eigenvalue weighted by Crippen LogP contribution is 2.41. The van der Waals surface area contributed by atoms with Crippen molar-refractivity contribution >= 4 is 40.7 Å². The lowest BCUT2D eigenvalue weighted by molar-refractivity contribution is -0.118. The SMILES string of the molecule is CN1C(=O)CCc2c1ccc(C1NNCC1CC1CCN(C(=O)c3ccncc3Cl)CC1)c2Cl. The summed E-state index contributed by atoms with van der Waals surface area (Å²) < 4.78 is 0. The molecule has 9 heteroatoms. The smallest absolute Gasteiger partial charge is 0.255 e. The van der Waals surface area contributed by atoms with Gasteiger partial charge in [0.25, 0.3) is 5.91 Å². The predicted octanol–water partition coefficient (Wildman–Crippen LogP) is 4.01. The van der Waals surface area contributed by atoms with Crippen molar-refractivity contribution in [2.75, 3.05) is 31.6 Å².